The molecule has 1 amide bonds. The fraction of sp³-hybridized carbons (Fsp3) is 0.0909. The zero-order chi connectivity index (χ0) is 23.2. The lowest BCUT2D eigenvalue weighted by molar-refractivity contribution is -0.384. The van der Waals surface area contributed by atoms with Gasteiger partial charge in [0.15, 0.2) is 12.5 Å². The van der Waals surface area contributed by atoms with Gasteiger partial charge >= 0.3 is 0 Å². The van der Waals surface area contributed by atoms with Gasteiger partial charge in [-0.2, -0.15) is 5.10 Å². The first-order valence-electron chi connectivity index (χ1n) is 9.64. The van der Waals surface area contributed by atoms with E-state index in [4.69, 9.17) is 25.5 Å². The Kier molecular flexibility index (Phi) is 6.56. The molecule has 0 aliphatic heterocycles. The van der Waals surface area contributed by atoms with Crippen LogP contribution in [0.5, 0.6) is 11.5 Å². The molecule has 0 fully saturated rings. The summed E-state index contributed by atoms with van der Waals surface area (Å²) in [6.07, 6.45) is 3.10. The SMILES string of the molecule is O=C(Nc1cnn(COc2cccc(Cl)c2)c1)c1ccc(COc2ccc([N+](=O)[O-])cc2)o1. The normalized spacial score (nSPS) is 10.6. The van der Waals surface area contributed by atoms with Gasteiger partial charge in [-0.15, -0.1) is 0 Å². The highest BCUT2D eigenvalue weighted by Crippen LogP contribution is 2.20. The van der Waals surface area contributed by atoms with Gasteiger partial charge in [0.25, 0.3) is 11.6 Å². The lowest BCUT2D eigenvalue weighted by atomic mass is 10.3. The molecule has 0 bridgehead atoms. The number of carbonyl (C=O) groups is 1. The van der Waals surface area contributed by atoms with Crippen molar-refractivity contribution in [1.82, 2.24) is 9.78 Å². The molecule has 2 aromatic heterocycles. The Bertz CT molecular complexity index is 1270. The molecule has 4 rings (SSSR count). The second kappa shape index (κ2) is 9.88. The summed E-state index contributed by atoms with van der Waals surface area (Å²) in [6, 6.07) is 15.8. The van der Waals surface area contributed by atoms with E-state index in [-0.39, 0.29) is 24.8 Å². The average molecular weight is 469 g/mol. The summed E-state index contributed by atoms with van der Waals surface area (Å²) >= 11 is 5.93. The van der Waals surface area contributed by atoms with E-state index < -0.39 is 10.8 Å². The number of nitro groups is 1. The quantitative estimate of drug-likeness (QED) is 0.273. The fourth-order valence-corrected chi connectivity index (χ4v) is 2.97. The molecule has 0 atom stereocenters. The van der Waals surface area contributed by atoms with Crippen LogP contribution in [0.15, 0.2) is 77.5 Å². The molecular formula is C22H17ClN4O6. The van der Waals surface area contributed by atoms with Crippen molar-refractivity contribution in [3.05, 3.63) is 99.7 Å². The van der Waals surface area contributed by atoms with E-state index in [1.165, 1.54) is 41.2 Å². The van der Waals surface area contributed by atoms with Gasteiger partial charge in [-0.25, -0.2) is 4.68 Å². The number of hydrogen-bond acceptors (Lipinski definition) is 7. The molecule has 0 unspecified atom stereocenters. The molecule has 0 aliphatic rings. The number of amides is 1. The molecule has 0 aliphatic carbocycles. The first-order valence-corrected chi connectivity index (χ1v) is 10.0. The molecule has 2 aromatic carbocycles. The number of ether oxygens (including phenoxy) is 2. The van der Waals surface area contributed by atoms with Gasteiger partial charge < -0.3 is 19.2 Å². The molecule has 10 nitrogen and oxygen atoms in total. The maximum atomic E-state index is 12.4. The first kappa shape index (κ1) is 21.9. The summed E-state index contributed by atoms with van der Waals surface area (Å²) in [5.74, 6) is 1.11. The van der Waals surface area contributed by atoms with Crippen molar-refractivity contribution in [2.45, 2.75) is 13.3 Å². The predicted molar refractivity (Wildman–Crippen MR) is 118 cm³/mol. The summed E-state index contributed by atoms with van der Waals surface area (Å²) in [5, 5.41) is 18.1. The number of furan rings is 1. The van der Waals surface area contributed by atoms with Crippen molar-refractivity contribution in [1.29, 1.82) is 0 Å². The summed E-state index contributed by atoms with van der Waals surface area (Å²) in [5.41, 5.74) is 0.438. The monoisotopic (exact) mass is 468 g/mol. The summed E-state index contributed by atoms with van der Waals surface area (Å²) in [4.78, 5) is 22.6. The van der Waals surface area contributed by atoms with E-state index in [0.29, 0.717) is 28.0 Å². The highest BCUT2D eigenvalue weighted by Gasteiger charge is 2.13. The van der Waals surface area contributed by atoms with Gasteiger partial charge in [0.05, 0.1) is 23.0 Å². The van der Waals surface area contributed by atoms with Crippen LogP contribution in [0.2, 0.25) is 5.02 Å². The minimum Gasteiger partial charge on any atom is -0.486 e. The van der Waals surface area contributed by atoms with E-state index in [0.717, 1.165) is 0 Å². The molecule has 0 spiro atoms. The van der Waals surface area contributed by atoms with E-state index in [1.807, 2.05) is 0 Å². The Morgan fingerprint density at radius 3 is 2.70 bits per heavy atom. The van der Waals surface area contributed by atoms with Gasteiger partial charge in [0.1, 0.15) is 23.9 Å². The van der Waals surface area contributed by atoms with Crippen molar-refractivity contribution in [2.75, 3.05) is 5.32 Å². The standard InChI is InChI=1S/C22H17ClN4O6/c23-15-2-1-3-19(10-15)32-14-26-12-16(11-24-26)25-22(28)21-9-8-20(33-21)13-31-18-6-4-17(5-7-18)27(29)30/h1-12H,13-14H2,(H,25,28). The van der Waals surface area contributed by atoms with Crippen molar-refractivity contribution in [3.8, 4) is 11.5 Å². The van der Waals surface area contributed by atoms with Crippen LogP contribution in [0, 0.1) is 10.1 Å². The maximum Gasteiger partial charge on any atom is 0.291 e. The Hall–Kier alpha value is -4.31. The highest BCUT2D eigenvalue weighted by molar-refractivity contribution is 6.30. The first-order chi connectivity index (χ1) is 16.0. The number of nitro benzene ring substituents is 1. The second-order valence-corrected chi connectivity index (χ2v) is 7.20. The average Bonchev–Trinajstić information content (AvgIpc) is 3.46. The summed E-state index contributed by atoms with van der Waals surface area (Å²) in [6.45, 7) is 0.199. The van der Waals surface area contributed by atoms with E-state index in [9.17, 15) is 14.9 Å². The minimum absolute atomic E-state index is 0.0290. The zero-order valence-electron chi connectivity index (χ0n) is 17.0. The van der Waals surface area contributed by atoms with E-state index in [1.54, 1.807) is 36.5 Å². The molecule has 1 N–H and O–H groups in total. The van der Waals surface area contributed by atoms with Crippen molar-refractivity contribution in [3.63, 3.8) is 0 Å². The smallest absolute Gasteiger partial charge is 0.291 e. The lowest BCUT2D eigenvalue weighted by Crippen LogP contribution is -2.10. The number of non-ortho nitro benzene ring substituents is 1. The number of hydrogen-bond donors (Lipinski definition) is 1. The van der Waals surface area contributed by atoms with Crippen LogP contribution >= 0.6 is 11.6 Å². The van der Waals surface area contributed by atoms with Crippen LogP contribution < -0.4 is 14.8 Å². The third kappa shape index (κ3) is 5.89. The largest absolute Gasteiger partial charge is 0.486 e. The third-order valence-corrected chi connectivity index (χ3v) is 4.60. The van der Waals surface area contributed by atoms with Gasteiger partial charge in [-0.3, -0.25) is 14.9 Å². The molecule has 2 heterocycles. The molecule has 0 saturated carbocycles. The van der Waals surface area contributed by atoms with Crippen LogP contribution in [-0.4, -0.2) is 20.6 Å². The van der Waals surface area contributed by atoms with E-state index >= 15 is 0 Å². The number of anilines is 1. The van der Waals surface area contributed by atoms with Crippen LogP contribution in [0.3, 0.4) is 0 Å². The maximum absolute atomic E-state index is 12.4. The van der Waals surface area contributed by atoms with Crippen molar-refractivity contribution in [2.24, 2.45) is 0 Å². The van der Waals surface area contributed by atoms with Crippen LogP contribution in [0.4, 0.5) is 11.4 Å². The Balaban J connectivity index is 1.28. The number of carbonyl (C=O) groups excluding carboxylic acids is 1. The third-order valence-electron chi connectivity index (χ3n) is 4.36. The van der Waals surface area contributed by atoms with Crippen LogP contribution in [0.25, 0.3) is 0 Å². The number of nitrogens with zero attached hydrogens (tertiary/aromatic N) is 3. The van der Waals surface area contributed by atoms with E-state index in [2.05, 4.69) is 10.4 Å². The highest BCUT2D eigenvalue weighted by atomic mass is 35.5. The number of halogens is 1. The number of nitrogens with one attached hydrogen (secondary N) is 1. The Labute approximate surface area is 192 Å². The Morgan fingerprint density at radius 2 is 1.94 bits per heavy atom. The molecule has 0 saturated heterocycles. The van der Waals surface area contributed by atoms with Gasteiger partial charge in [0.2, 0.25) is 0 Å². The summed E-state index contributed by atoms with van der Waals surface area (Å²) < 4.78 is 18.2. The number of benzene rings is 2. The molecule has 4 aromatic rings. The fourth-order valence-electron chi connectivity index (χ4n) is 2.78. The molecule has 0 radical (unpaired) electrons. The van der Waals surface area contributed by atoms with Gasteiger partial charge in [-0.05, 0) is 42.5 Å². The molecular weight excluding hydrogens is 452 g/mol. The van der Waals surface area contributed by atoms with Crippen molar-refractivity contribution < 1.29 is 23.6 Å². The lowest BCUT2D eigenvalue weighted by Gasteiger charge is -2.06. The Morgan fingerprint density at radius 1 is 1.12 bits per heavy atom. The number of rotatable bonds is 9. The van der Waals surface area contributed by atoms with Crippen LogP contribution in [-0.2, 0) is 13.3 Å². The van der Waals surface area contributed by atoms with Gasteiger partial charge in [-0.1, -0.05) is 17.7 Å². The minimum atomic E-state index is -0.489. The molecule has 11 heteroatoms. The summed E-state index contributed by atoms with van der Waals surface area (Å²) in [7, 11) is 0. The van der Waals surface area contributed by atoms with Crippen molar-refractivity contribution >= 4 is 28.9 Å². The topological polar surface area (TPSA) is 122 Å². The second-order valence-electron chi connectivity index (χ2n) is 6.76. The molecule has 33 heavy (non-hydrogen) atoms. The van der Waals surface area contributed by atoms with Crippen LogP contribution in [0.1, 0.15) is 16.3 Å². The predicted octanol–water partition coefficient (Wildman–Crippen LogP) is 4.91. The number of aromatic nitrogens is 2. The molecule has 168 valence electrons. The zero-order valence-corrected chi connectivity index (χ0v) is 17.8. The van der Waals surface area contributed by atoms with Gasteiger partial charge in [0, 0.05) is 17.2 Å².